The Bertz CT molecular complexity index is 2230. The minimum atomic E-state index is 0.237. The molecule has 0 spiro atoms. The molecule has 0 fully saturated rings. The van der Waals surface area contributed by atoms with Gasteiger partial charge in [-0.2, -0.15) is 0 Å². The molecule has 8 nitrogen and oxygen atoms in total. The molecule has 3 heterocycles. The van der Waals surface area contributed by atoms with E-state index in [9.17, 15) is 0 Å². The van der Waals surface area contributed by atoms with E-state index in [1.807, 2.05) is 7.05 Å². The molecular formula is C39H46N8. The first kappa shape index (κ1) is 32.1. The molecule has 3 aromatic carbocycles. The van der Waals surface area contributed by atoms with E-state index < -0.39 is 0 Å². The molecule has 2 aliphatic heterocycles. The van der Waals surface area contributed by atoms with Crippen molar-refractivity contribution in [1.29, 1.82) is 5.41 Å². The number of hydrogen-bond donors (Lipinski definition) is 4. The molecule has 2 aliphatic rings. The van der Waals surface area contributed by atoms with Crippen molar-refractivity contribution in [3.63, 3.8) is 0 Å². The molecule has 0 atom stereocenters. The van der Waals surface area contributed by atoms with Crippen molar-refractivity contribution >= 4 is 51.6 Å². The zero-order valence-electron chi connectivity index (χ0n) is 30.3. The van der Waals surface area contributed by atoms with Crippen LogP contribution in [-0.4, -0.2) is 41.2 Å². The molecular weight excluding hydrogens is 580 g/mol. The maximum Gasteiger partial charge on any atom is 0.165 e. The number of anilines is 1. The van der Waals surface area contributed by atoms with Crippen LogP contribution in [0.3, 0.4) is 0 Å². The fourth-order valence-corrected chi connectivity index (χ4v) is 7.37. The molecule has 242 valence electrons. The third-order valence-corrected chi connectivity index (χ3v) is 11.1. The summed E-state index contributed by atoms with van der Waals surface area (Å²) in [5, 5.41) is 17.3. The number of amidine groups is 5. The van der Waals surface area contributed by atoms with Crippen LogP contribution < -0.4 is 10.6 Å². The van der Waals surface area contributed by atoms with Crippen LogP contribution in [0.15, 0.2) is 20.0 Å². The highest BCUT2D eigenvalue weighted by molar-refractivity contribution is 6.33. The van der Waals surface area contributed by atoms with Gasteiger partial charge in [0.2, 0.25) is 0 Å². The van der Waals surface area contributed by atoms with Crippen LogP contribution in [-0.2, 0) is 0 Å². The number of nitrogens with one attached hydrogen (secondary N) is 4. The number of aliphatic imine (C=N–C) groups is 4. The lowest BCUT2D eigenvalue weighted by atomic mass is 9.89. The second kappa shape index (κ2) is 11.1. The average molecular weight is 627 g/mol. The first-order valence-corrected chi connectivity index (χ1v) is 16.3. The summed E-state index contributed by atoms with van der Waals surface area (Å²) in [4.78, 5) is 24.0. The third kappa shape index (κ3) is 4.60. The smallest absolute Gasteiger partial charge is 0.165 e. The molecule has 0 radical (unpaired) electrons. The Balaban J connectivity index is 1.66. The Labute approximate surface area is 278 Å². The summed E-state index contributed by atoms with van der Waals surface area (Å²) >= 11 is 0. The summed E-state index contributed by atoms with van der Waals surface area (Å²) < 4.78 is 0. The summed E-state index contributed by atoms with van der Waals surface area (Å²) in [7, 11) is 1.94. The molecule has 0 unspecified atom stereocenters. The van der Waals surface area contributed by atoms with E-state index in [1.165, 1.54) is 49.9 Å². The van der Waals surface area contributed by atoms with Crippen LogP contribution in [0.4, 0.5) is 11.6 Å². The van der Waals surface area contributed by atoms with E-state index >= 15 is 0 Å². The first-order valence-electron chi connectivity index (χ1n) is 16.3. The lowest BCUT2D eigenvalue weighted by Crippen LogP contribution is -2.25. The third-order valence-electron chi connectivity index (χ3n) is 11.1. The number of benzene rings is 3. The van der Waals surface area contributed by atoms with Crippen molar-refractivity contribution in [3.8, 4) is 0 Å². The largest absolute Gasteiger partial charge is 0.374 e. The van der Waals surface area contributed by atoms with Crippen molar-refractivity contribution < 1.29 is 0 Å². The molecule has 4 N–H and O–H groups in total. The van der Waals surface area contributed by atoms with Gasteiger partial charge in [0.25, 0.3) is 0 Å². The maximum atomic E-state index is 8.15. The Kier molecular flexibility index (Phi) is 7.61. The van der Waals surface area contributed by atoms with Crippen LogP contribution >= 0.6 is 0 Å². The lowest BCUT2D eigenvalue weighted by Gasteiger charge is -2.16. The Hall–Kier alpha value is -4.85. The van der Waals surface area contributed by atoms with Gasteiger partial charge in [0.05, 0.1) is 0 Å². The zero-order chi connectivity index (χ0) is 34.4. The van der Waals surface area contributed by atoms with Crippen LogP contribution in [0.1, 0.15) is 95.9 Å². The summed E-state index contributed by atoms with van der Waals surface area (Å²) in [6, 6.07) is 0. The van der Waals surface area contributed by atoms with Crippen LogP contribution in [0.5, 0.6) is 0 Å². The predicted molar refractivity (Wildman–Crippen MR) is 200 cm³/mol. The molecule has 8 heteroatoms. The average Bonchev–Trinajstić information content (AvgIpc) is 3.69. The van der Waals surface area contributed by atoms with Gasteiger partial charge in [0.1, 0.15) is 29.1 Å². The summed E-state index contributed by atoms with van der Waals surface area (Å²) in [5.41, 5.74) is 18.6. The number of hydrogen-bond acceptors (Lipinski definition) is 4. The molecule has 0 aliphatic carbocycles. The predicted octanol–water partition coefficient (Wildman–Crippen LogP) is 8.54. The number of H-pyrrole nitrogens is 1. The van der Waals surface area contributed by atoms with Gasteiger partial charge in [-0.25, -0.2) is 20.0 Å². The molecule has 1 aromatic heterocycles. The van der Waals surface area contributed by atoms with Gasteiger partial charge < -0.3 is 15.6 Å². The van der Waals surface area contributed by atoms with E-state index in [2.05, 4.69) is 104 Å². The van der Waals surface area contributed by atoms with Crippen LogP contribution in [0, 0.1) is 88.5 Å². The van der Waals surface area contributed by atoms with E-state index in [4.69, 9.17) is 20.4 Å². The van der Waals surface area contributed by atoms with Gasteiger partial charge in [-0.05, 0) is 157 Å². The van der Waals surface area contributed by atoms with Crippen molar-refractivity contribution in [3.05, 3.63) is 89.0 Å². The monoisotopic (exact) mass is 626 g/mol. The van der Waals surface area contributed by atoms with Gasteiger partial charge in [-0.3, -0.25) is 5.41 Å². The van der Waals surface area contributed by atoms with Crippen LogP contribution in [0.25, 0.3) is 10.8 Å². The number of rotatable bonds is 2. The number of nitrogens with zero attached hydrogens (tertiary/aromatic N) is 4. The summed E-state index contributed by atoms with van der Waals surface area (Å²) in [6.45, 7) is 27.7. The fraction of sp³-hybridized carbons (Fsp3) is 0.359. The number of aromatic amines is 1. The van der Waals surface area contributed by atoms with Crippen molar-refractivity contribution in [1.82, 2.24) is 10.3 Å². The maximum absolute atomic E-state index is 8.15. The van der Waals surface area contributed by atoms with Gasteiger partial charge in [0, 0.05) is 40.1 Å². The minimum Gasteiger partial charge on any atom is -0.374 e. The standard InChI is InChI=1S/C39H46N8/c1-15-16(2)22(8)29-28(21(15)7)34(41-14)43-36(29)45-38-32-25(11)19(5)20(6)26(12)33(32)39(47-38)46-37-31-24(10)18(4)17(3)23(9)30(31)35(44-37)42-27(13)40/h41,43H,1-14H3,(H2,40,42,44,45,46,47). The van der Waals surface area contributed by atoms with E-state index in [0.717, 1.165) is 61.5 Å². The minimum absolute atomic E-state index is 0.237. The molecule has 47 heavy (non-hydrogen) atoms. The van der Waals surface area contributed by atoms with Gasteiger partial charge in [0.15, 0.2) is 11.7 Å². The second-order valence-corrected chi connectivity index (χ2v) is 13.4. The molecule has 0 saturated carbocycles. The number of aromatic nitrogens is 1. The SMILES string of the molecule is CNc1[nH]c(/N=C2N=C(/N=C3\N/C(=N\C(C)=N)c4c(C)c(C)c(C)c(C)c43)c3c(C)c(C)c(C)c(C)c3\2)c2c(C)c(C)c(C)c(C)c12. The molecule has 4 aromatic rings. The highest BCUT2D eigenvalue weighted by Gasteiger charge is 2.33. The Morgan fingerprint density at radius 3 is 1.57 bits per heavy atom. The number of fused-ring (bicyclic) bond motifs is 3. The summed E-state index contributed by atoms with van der Waals surface area (Å²) in [5.74, 6) is 4.62. The van der Waals surface area contributed by atoms with E-state index in [1.54, 1.807) is 6.92 Å². The lowest BCUT2D eigenvalue weighted by molar-refractivity contribution is 1.20. The molecule has 0 amide bonds. The normalized spacial score (nSPS) is 16.4. The summed E-state index contributed by atoms with van der Waals surface area (Å²) in [6.07, 6.45) is 0. The van der Waals surface area contributed by atoms with Crippen molar-refractivity contribution in [2.45, 2.75) is 90.0 Å². The quantitative estimate of drug-likeness (QED) is 0.132. The van der Waals surface area contributed by atoms with Crippen molar-refractivity contribution in [2.75, 3.05) is 12.4 Å². The molecule has 6 rings (SSSR count). The molecule has 0 bridgehead atoms. The second-order valence-electron chi connectivity index (χ2n) is 13.4. The highest BCUT2D eigenvalue weighted by Crippen LogP contribution is 2.42. The van der Waals surface area contributed by atoms with Gasteiger partial charge in [-0.1, -0.05) is 0 Å². The number of aryl methyl sites for hydroxylation is 2. The molecule has 0 saturated heterocycles. The van der Waals surface area contributed by atoms with Gasteiger partial charge in [-0.15, -0.1) is 0 Å². The van der Waals surface area contributed by atoms with Gasteiger partial charge >= 0.3 is 0 Å². The Morgan fingerprint density at radius 1 is 0.574 bits per heavy atom. The van der Waals surface area contributed by atoms with Crippen molar-refractivity contribution in [2.24, 2.45) is 20.0 Å². The highest BCUT2D eigenvalue weighted by atomic mass is 15.1. The topological polar surface area (TPSA) is 113 Å². The first-order chi connectivity index (χ1) is 22.1. The van der Waals surface area contributed by atoms with E-state index in [-0.39, 0.29) is 5.84 Å². The fourth-order valence-electron chi connectivity index (χ4n) is 7.37. The Morgan fingerprint density at radius 2 is 1.04 bits per heavy atom. The van der Waals surface area contributed by atoms with Crippen LogP contribution in [0.2, 0.25) is 0 Å². The zero-order valence-corrected chi connectivity index (χ0v) is 30.3. The van der Waals surface area contributed by atoms with E-state index in [0.29, 0.717) is 23.3 Å².